The Kier molecular flexibility index (Phi) is 4.33. The van der Waals surface area contributed by atoms with E-state index < -0.39 is 11.9 Å². The molecule has 0 aromatic heterocycles. The maximum atomic E-state index is 11.0. The molecule has 0 atom stereocenters. The van der Waals surface area contributed by atoms with Crippen molar-refractivity contribution in [3.63, 3.8) is 0 Å². The molecule has 1 N–H and O–H groups in total. The highest BCUT2D eigenvalue weighted by molar-refractivity contribution is 6.29. The molecule has 6 heteroatoms. The van der Waals surface area contributed by atoms with Gasteiger partial charge in [0.25, 0.3) is 0 Å². The highest BCUT2D eigenvalue weighted by atomic mass is 16.6. The Bertz CT molecular complexity index is 426. The number of phenols is 1. The van der Waals surface area contributed by atoms with E-state index in [-0.39, 0.29) is 18.1 Å². The van der Waals surface area contributed by atoms with Gasteiger partial charge in [0.15, 0.2) is 11.5 Å². The SMILES string of the molecule is COC(=O)C(=O)OCc1ccc(O)c(OC)c1. The molecule has 0 aliphatic carbocycles. The van der Waals surface area contributed by atoms with Crippen molar-refractivity contribution in [1.29, 1.82) is 0 Å². The summed E-state index contributed by atoms with van der Waals surface area (Å²) >= 11 is 0. The molecule has 0 saturated carbocycles. The van der Waals surface area contributed by atoms with Crippen LogP contribution in [0, 0.1) is 0 Å². The molecule has 0 heterocycles. The monoisotopic (exact) mass is 240 g/mol. The molecule has 1 aromatic carbocycles. The number of aromatic hydroxyl groups is 1. The van der Waals surface area contributed by atoms with Gasteiger partial charge in [-0.15, -0.1) is 0 Å². The second kappa shape index (κ2) is 5.74. The van der Waals surface area contributed by atoms with Crippen LogP contribution in [0.3, 0.4) is 0 Å². The van der Waals surface area contributed by atoms with E-state index in [4.69, 9.17) is 4.74 Å². The fourth-order valence-corrected chi connectivity index (χ4v) is 1.10. The molecule has 1 rings (SSSR count). The lowest BCUT2D eigenvalue weighted by atomic mass is 10.2. The summed E-state index contributed by atoms with van der Waals surface area (Å²) in [5.74, 6) is -1.89. The van der Waals surface area contributed by atoms with Crippen LogP contribution in [0.25, 0.3) is 0 Å². The topological polar surface area (TPSA) is 82.1 Å². The number of esters is 2. The Hall–Kier alpha value is -2.24. The molecule has 0 aliphatic rings. The van der Waals surface area contributed by atoms with Gasteiger partial charge in [-0.05, 0) is 17.7 Å². The molecule has 0 bridgehead atoms. The molecule has 17 heavy (non-hydrogen) atoms. The molecular weight excluding hydrogens is 228 g/mol. The quantitative estimate of drug-likeness (QED) is 0.616. The van der Waals surface area contributed by atoms with E-state index in [0.29, 0.717) is 5.56 Å². The Morgan fingerprint density at radius 1 is 1.24 bits per heavy atom. The number of carbonyl (C=O) groups is 2. The smallest absolute Gasteiger partial charge is 0.417 e. The van der Waals surface area contributed by atoms with E-state index in [2.05, 4.69) is 9.47 Å². The zero-order chi connectivity index (χ0) is 12.8. The van der Waals surface area contributed by atoms with Crippen LogP contribution in [0.5, 0.6) is 11.5 Å². The van der Waals surface area contributed by atoms with Gasteiger partial charge < -0.3 is 19.3 Å². The number of hydrogen-bond donors (Lipinski definition) is 1. The lowest BCUT2D eigenvalue weighted by Crippen LogP contribution is -2.18. The third-order valence-corrected chi connectivity index (χ3v) is 1.97. The van der Waals surface area contributed by atoms with Gasteiger partial charge in [-0.2, -0.15) is 0 Å². The Morgan fingerprint density at radius 2 is 1.94 bits per heavy atom. The van der Waals surface area contributed by atoms with Crippen molar-refractivity contribution in [2.45, 2.75) is 6.61 Å². The molecule has 0 unspecified atom stereocenters. The second-order valence-electron chi connectivity index (χ2n) is 3.07. The van der Waals surface area contributed by atoms with Gasteiger partial charge in [-0.25, -0.2) is 9.59 Å². The average molecular weight is 240 g/mol. The number of methoxy groups -OCH3 is 2. The van der Waals surface area contributed by atoms with E-state index >= 15 is 0 Å². The van der Waals surface area contributed by atoms with Crippen LogP contribution in [0.1, 0.15) is 5.56 Å². The standard InChI is InChI=1S/C11H12O6/c1-15-9-5-7(3-4-8(9)12)6-17-11(14)10(13)16-2/h3-5,12H,6H2,1-2H3. The number of benzene rings is 1. The van der Waals surface area contributed by atoms with E-state index in [1.54, 1.807) is 6.07 Å². The molecule has 0 aliphatic heterocycles. The van der Waals surface area contributed by atoms with Crippen LogP contribution >= 0.6 is 0 Å². The van der Waals surface area contributed by atoms with Crippen molar-refractivity contribution in [2.75, 3.05) is 14.2 Å². The number of phenolic OH excluding ortho intramolecular Hbond substituents is 1. The summed E-state index contributed by atoms with van der Waals surface area (Å²) in [5.41, 5.74) is 0.580. The maximum absolute atomic E-state index is 11.0. The van der Waals surface area contributed by atoms with Gasteiger partial charge in [0.1, 0.15) is 6.61 Å². The highest BCUT2D eigenvalue weighted by Crippen LogP contribution is 2.26. The summed E-state index contributed by atoms with van der Waals surface area (Å²) in [5, 5.41) is 9.33. The second-order valence-corrected chi connectivity index (χ2v) is 3.07. The van der Waals surface area contributed by atoms with Crippen LogP contribution in [0.2, 0.25) is 0 Å². The number of carbonyl (C=O) groups excluding carboxylic acids is 2. The lowest BCUT2D eigenvalue weighted by molar-refractivity contribution is -0.166. The highest BCUT2D eigenvalue weighted by Gasteiger charge is 2.15. The van der Waals surface area contributed by atoms with Crippen LogP contribution in [-0.2, 0) is 25.7 Å². The van der Waals surface area contributed by atoms with Gasteiger partial charge in [-0.1, -0.05) is 6.07 Å². The minimum atomic E-state index is -1.07. The average Bonchev–Trinajstić information content (AvgIpc) is 2.36. The van der Waals surface area contributed by atoms with Crippen molar-refractivity contribution in [3.05, 3.63) is 23.8 Å². The van der Waals surface area contributed by atoms with Crippen LogP contribution in [0.15, 0.2) is 18.2 Å². The van der Waals surface area contributed by atoms with Gasteiger partial charge >= 0.3 is 11.9 Å². The largest absolute Gasteiger partial charge is 0.504 e. The summed E-state index contributed by atoms with van der Waals surface area (Å²) in [6.45, 7) is -0.107. The van der Waals surface area contributed by atoms with Crippen molar-refractivity contribution >= 4 is 11.9 Å². The van der Waals surface area contributed by atoms with E-state index in [1.165, 1.54) is 19.2 Å². The third kappa shape index (κ3) is 3.37. The first kappa shape index (κ1) is 12.8. The Morgan fingerprint density at radius 3 is 2.53 bits per heavy atom. The predicted molar refractivity (Wildman–Crippen MR) is 56.5 cm³/mol. The number of rotatable bonds is 3. The lowest BCUT2D eigenvalue weighted by Gasteiger charge is -2.07. The van der Waals surface area contributed by atoms with Gasteiger partial charge in [0.05, 0.1) is 14.2 Å². The summed E-state index contributed by atoms with van der Waals surface area (Å²) in [6, 6.07) is 4.45. The van der Waals surface area contributed by atoms with E-state index in [1.807, 2.05) is 0 Å². The first-order chi connectivity index (χ1) is 8.08. The minimum absolute atomic E-state index is 0.0180. The minimum Gasteiger partial charge on any atom is -0.504 e. The van der Waals surface area contributed by atoms with Crippen molar-refractivity contribution in [3.8, 4) is 11.5 Å². The van der Waals surface area contributed by atoms with Gasteiger partial charge in [0.2, 0.25) is 0 Å². The zero-order valence-corrected chi connectivity index (χ0v) is 9.43. The summed E-state index contributed by atoms with van der Waals surface area (Å²) < 4.78 is 13.7. The molecule has 0 amide bonds. The normalized spacial score (nSPS) is 9.53. The third-order valence-electron chi connectivity index (χ3n) is 1.97. The first-order valence-electron chi connectivity index (χ1n) is 4.69. The van der Waals surface area contributed by atoms with Crippen molar-refractivity contribution in [1.82, 2.24) is 0 Å². The zero-order valence-electron chi connectivity index (χ0n) is 9.43. The Labute approximate surface area is 97.7 Å². The molecule has 0 spiro atoms. The Balaban J connectivity index is 2.64. The molecule has 92 valence electrons. The summed E-state index contributed by atoms with van der Waals surface area (Å²) in [7, 11) is 2.49. The molecule has 6 nitrogen and oxygen atoms in total. The molecule has 0 fully saturated rings. The van der Waals surface area contributed by atoms with E-state index in [9.17, 15) is 14.7 Å². The number of ether oxygens (including phenoxy) is 3. The molecule has 0 radical (unpaired) electrons. The first-order valence-corrected chi connectivity index (χ1v) is 4.69. The van der Waals surface area contributed by atoms with Crippen molar-refractivity contribution in [2.24, 2.45) is 0 Å². The van der Waals surface area contributed by atoms with Crippen LogP contribution in [0.4, 0.5) is 0 Å². The van der Waals surface area contributed by atoms with Gasteiger partial charge in [0, 0.05) is 0 Å². The van der Waals surface area contributed by atoms with Crippen LogP contribution < -0.4 is 4.74 Å². The molecule has 1 aromatic rings. The number of hydrogen-bond acceptors (Lipinski definition) is 6. The predicted octanol–water partition coefficient (Wildman–Crippen LogP) is 0.617. The fourth-order valence-electron chi connectivity index (χ4n) is 1.10. The van der Waals surface area contributed by atoms with Gasteiger partial charge in [-0.3, -0.25) is 0 Å². The summed E-state index contributed by atoms with van der Waals surface area (Å²) in [6.07, 6.45) is 0. The van der Waals surface area contributed by atoms with E-state index in [0.717, 1.165) is 7.11 Å². The molecular formula is C11H12O6. The summed E-state index contributed by atoms with van der Waals surface area (Å²) in [4.78, 5) is 21.7. The molecule has 0 saturated heterocycles. The maximum Gasteiger partial charge on any atom is 0.417 e. The van der Waals surface area contributed by atoms with Crippen molar-refractivity contribution < 1.29 is 28.9 Å². The van der Waals surface area contributed by atoms with Crippen LogP contribution in [-0.4, -0.2) is 31.3 Å². The fraction of sp³-hybridized carbons (Fsp3) is 0.273.